The number of aliphatic hydroxyl groups excluding tert-OH is 1. The van der Waals surface area contributed by atoms with E-state index >= 15 is 0 Å². The molecule has 0 radical (unpaired) electrons. The van der Waals surface area contributed by atoms with E-state index < -0.39 is 38.1 Å². The van der Waals surface area contributed by atoms with E-state index in [2.05, 4.69) is 9.71 Å². The molecule has 0 unspecified atom stereocenters. The molecule has 4 rings (SSSR count). The van der Waals surface area contributed by atoms with Gasteiger partial charge in [-0.15, -0.1) is 0 Å². The van der Waals surface area contributed by atoms with Crippen LogP contribution in [0.25, 0.3) is 0 Å². The van der Waals surface area contributed by atoms with Gasteiger partial charge in [-0.3, -0.25) is 9.52 Å². The van der Waals surface area contributed by atoms with Gasteiger partial charge >= 0.3 is 0 Å². The monoisotopic (exact) mass is 725 g/mol. The molecule has 1 amide bonds. The summed E-state index contributed by atoms with van der Waals surface area (Å²) in [4.78, 5) is 19.8. The summed E-state index contributed by atoms with van der Waals surface area (Å²) in [6, 6.07) is 9.76. The summed E-state index contributed by atoms with van der Waals surface area (Å²) in [5.41, 5.74) is 0.234. The Morgan fingerprint density at radius 2 is 1.83 bits per heavy atom. The summed E-state index contributed by atoms with van der Waals surface area (Å²) in [5, 5.41) is 10.4. The van der Waals surface area contributed by atoms with Crippen LogP contribution in [0, 0.1) is 5.92 Å². The molecule has 2 heterocycles. The zero-order valence-electron chi connectivity index (χ0n) is 27.7. The molecule has 0 aliphatic carbocycles. The Labute approximate surface area is 287 Å². The number of hydrogen-bond donors (Lipinski definition) is 2. The number of nitrogens with zero attached hydrogens (tertiary/aromatic N) is 4. The maximum Gasteiger partial charge on any atom is 0.280 e. The predicted octanol–water partition coefficient (Wildman–Crippen LogP) is 3.99. The molecule has 16 heteroatoms. The first kappa shape index (κ1) is 37.6. The van der Waals surface area contributed by atoms with Crippen LogP contribution in [-0.2, 0) is 31.8 Å². The number of nitrogens with one attached hydrogen (secondary N) is 1. The first-order valence-corrected chi connectivity index (χ1v) is 19.0. The molecule has 2 N–H and O–H groups in total. The van der Waals surface area contributed by atoms with Crippen LogP contribution >= 0.6 is 11.6 Å². The first-order chi connectivity index (χ1) is 22.6. The summed E-state index contributed by atoms with van der Waals surface area (Å²) in [6.45, 7) is 5.56. The van der Waals surface area contributed by atoms with E-state index in [1.165, 1.54) is 69.7 Å². The van der Waals surface area contributed by atoms with Gasteiger partial charge in [0, 0.05) is 56.6 Å². The SMILES string of the molecule is C[C@@H]1CN([C@H](C)CO)C(=O)c2cc(NS(=O)(=O)c3cn(C)cn3)ccc2O[C@@H](C)CCCCO[C@@H]1CN(C)S(=O)(=O)c1ccc(Cl)cc1. The number of halogens is 1. The van der Waals surface area contributed by atoms with Gasteiger partial charge in [0.1, 0.15) is 5.75 Å². The van der Waals surface area contributed by atoms with E-state index in [1.807, 2.05) is 13.8 Å². The van der Waals surface area contributed by atoms with E-state index in [9.17, 15) is 26.7 Å². The standard InChI is InChI=1S/C32H44ClN5O8S2/c1-22-17-38(23(2)20-39)32(40)28-16-26(35-47(41,42)31-19-36(4)21-34-31)11-14-29(28)46-24(3)8-6-7-15-45-30(22)18-37(5)48(43,44)27-12-9-25(33)10-13-27/h9-14,16,19,21-24,30,35,39H,6-8,15,17-18,20H2,1-5H3/t22-,23-,24+,30-/m1/s1. The van der Waals surface area contributed by atoms with Crippen molar-refractivity contribution in [2.45, 2.75) is 68.2 Å². The normalized spacial score (nSPS) is 20.9. The molecule has 0 bridgehead atoms. The summed E-state index contributed by atoms with van der Waals surface area (Å²) in [7, 11) is -4.80. The largest absolute Gasteiger partial charge is 0.490 e. The van der Waals surface area contributed by atoms with Crippen molar-refractivity contribution in [2.24, 2.45) is 13.0 Å². The van der Waals surface area contributed by atoms with Gasteiger partial charge in [-0.05, 0) is 75.6 Å². The highest BCUT2D eigenvalue weighted by Crippen LogP contribution is 2.30. The minimum absolute atomic E-state index is 0.0111. The molecule has 0 fully saturated rings. The number of imidazole rings is 1. The number of likely N-dealkylation sites (N-methyl/N-ethyl adjacent to an activating group) is 1. The van der Waals surface area contributed by atoms with Crippen molar-refractivity contribution in [3.63, 3.8) is 0 Å². The van der Waals surface area contributed by atoms with Crippen LogP contribution in [0.15, 0.2) is 64.9 Å². The van der Waals surface area contributed by atoms with E-state index in [0.717, 1.165) is 6.42 Å². The lowest BCUT2D eigenvalue weighted by Gasteiger charge is -2.35. The van der Waals surface area contributed by atoms with Gasteiger partial charge in [-0.25, -0.2) is 13.4 Å². The highest BCUT2D eigenvalue weighted by Gasteiger charge is 2.32. The number of anilines is 1. The summed E-state index contributed by atoms with van der Waals surface area (Å²) < 4.78 is 70.6. The van der Waals surface area contributed by atoms with Gasteiger partial charge < -0.3 is 24.0 Å². The van der Waals surface area contributed by atoms with E-state index in [0.29, 0.717) is 24.5 Å². The molecular weight excluding hydrogens is 682 g/mol. The van der Waals surface area contributed by atoms with Crippen molar-refractivity contribution in [1.82, 2.24) is 18.8 Å². The fourth-order valence-corrected chi connectivity index (χ4v) is 7.66. The van der Waals surface area contributed by atoms with Crippen LogP contribution in [0.2, 0.25) is 5.02 Å². The number of rotatable bonds is 9. The molecular formula is C32H44ClN5O8S2. The summed E-state index contributed by atoms with van der Waals surface area (Å²) in [5.74, 6) is -0.611. The number of sulfonamides is 2. The van der Waals surface area contributed by atoms with Gasteiger partial charge in [-0.2, -0.15) is 12.7 Å². The number of ether oxygens (including phenoxy) is 2. The molecule has 2 aromatic carbocycles. The summed E-state index contributed by atoms with van der Waals surface area (Å²) >= 11 is 5.97. The average molecular weight is 726 g/mol. The molecule has 48 heavy (non-hydrogen) atoms. The van der Waals surface area contributed by atoms with E-state index in [4.69, 9.17) is 21.1 Å². The molecule has 1 aliphatic rings. The Bertz CT molecular complexity index is 1770. The Morgan fingerprint density at radius 3 is 2.48 bits per heavy atom. The Hall–Kier alpha value is -3.21. The molecule has 264 valence electrons. The Balaban J connectivity index is 1.67. The number of aromatic nitrogens is 2. The molecule has 3 aromatic rings. The number of fused-ring (bicyclic) bond motifs is 1. The van der Waals surface area contributed by atoms with Crippen LogP contribution in [0.3, 0.4) is 0 Å². The number of hydrogen-bond acceptors (Lipinski definition) is 9. The van der Waals surface area contributed by atoms with Crippen molar-refractivity contribution in [3.8, 4) is 5.75 Å². The van der Waals surface area contributed by atoms with Crippen molar-refractivity contribution >= 4 is 43.2 Å². The number of aliphatic hydroxyl groups is 1. The molecule has 1 aromatic heterocycles. The van der Waals surface area contributed by atoms with Crippen LogP contribution in [-0.4, -0.2) is 98.2 Å². The third kappa shape index (κ3) is 9.27. The highest BCUT2D eigenvalue weighted by molar-refractivity contribution is 7.92. The zero-order valence-corrected chi connectivity index (χ0v) is 30.1. The minimum Gasteiger partial charge on any atom is -0.490 e. The van der Waals surface area contributed by atoms with Crippen LogP contribution < -0.4 is 9.46 Å². The van der Waals surface area contributed by atoms with E-state index in [-0.39, 0.29) is 58.6 Å². The van der Waals surface area contributed by atoms with Gasteiger partial charge in [0.25, 0.3) is 15.9 Å². The third-order valence-electron chi connectivity index (χ3n) is 8.22. The smallest absolute Gasteiger partial charge is 0.280 e. The van der Waals surface area contributed by atoms with Gasteiger partial charge in [-0.1, -0.05) is 18.5 Å². The maximum atomic E-state index is 14.3. The third-order valence-corrected chi connectivity index (χ3v) is 11.6. The molecule has 13 nitrogen and oxygen atoms in total. The number of aryl methyl sites for hydroxylation is 1. The number of benzene rings is 2. The molecule has 0 saturated heterocycles. The quantitative estimate of drug-likeness (QED) is 0.333. The molecule has 0 spiro atoms. The lowest BCUT2D eigenvalue weighted by molar-refractivity contribution is -0.00833. The van der Waals surface area contributed by atoms with Crippen molar-refractivity contribution < 1.29 is 36.2 Å². The van der Waals surface area contributed by atoms with Crippen LogP contribution in [0.1, 0.15) is 50.4 Å². The predicted molar refractivity (Wildman–Crippen MR) is 182 cm³/mol. The second-order valence-corrected chi connectivity index (χ2v) is 16.3. The van der Waals surface area contributed by atoms with Gasteiger partial charge in [0.05, 0.1) is 41.6 Å². The second kappa shape index (κ2) is 16.0. The fraction of sp³-hybridized carbons (Fsp3) is 0.500. The lowest BCUT2D eigenvalue weighted by atomic mass is 10.0. The van der Waals surface area contributed by atoms with E-state index in [1.54, 1.807) is 20.0 Å². The van der Waals surface area contributed by atoms with Crippen molar-refractivity contribution in [2.75, 3.05) is 38.1 Å². The molecule has 1 aliphatic heterocycles. The maximum absolute atomic E-state index is 14.3. The van der Waals surface area contributed by atoms with Gasteiger partial charge in [0.2, 0.25) is 10.0 Å². The molecule has 0 saturated carbocycles. The number of carbonyl (C=O) groups is 1. The van der Waals surface area contributed by atoms with Crippen molar-refractivity contribution in [3.05, 3.63) is 65.6 Å². The number of carbonyl (C=O) groups excluding carboxylic acids is 1. The summed E-state index contributed by atoms with van der Waals surface area (Å²) in [6.07, 6.45) is 3.93. The average Bonchev–Trinajstić information content (AvgIpc) is 3.49. The fourth-order valence-electron chi connectivity index (χ4n) is 5.32. The lowest BCUT2D eigenvalue weighted by Crippen LogP contribution is -2.48. The molecule has 4 atom stereocenters. The topological polar surface area (TPSA) is 160 Å². The Morgan fingerprint density at radius 1 is 1.12 bits per heavy atom. The van der Waals surface area contributed by atoms with Gasteiger partial charge in [0.15, 0.2) is 5.03 Å². The number of amides is 1. The van der Waals surface area contributed by atoms with Crippen LogP contribution in [0.4, 0.5) is 5.69 Å². The Kier molecular flexibility index (Phi) is 12.5. The minimum atomic E-state index is -4.06. The highest BCUT2D eigenvalue weighted by atomic mass is 35.5. The second-order valence-electron chi connectivity index (χ2n) is 12.2. The van der Waals surface area contributed by atoms with Crippen molar-refractivity contribution in [1.29, 1.82) is 0 Å². The zero-order chi connectivity index (χ0) is 35.2. The van der Waals surface area contributed by atoms with Crippen LogP contribution in [0.5, 0.6) is 5.75 Å². The first-order valence-electron chi connectivity index (χ1n) is 15.7.